The number of carbonyl (C=O) groups is 2. The minimum Gasteiger partial charge on any atom is -0.355 e. The van der Waals surface area contributed by atoms with Crippen molar-refractivity contribution in [3.05, 3.63) is 50.6 Å². The molecule has 2 rings (SSSR count). The van der Waals surface area contributed by atoms with Crippen LogP contribution in [0.15, 0.2) is 40.2 Å². The molecule has 1 aromatic carbocycles. The number of amides is 2. The fourth-order valence-corrected chi connectivity index (χ4v) is 3.57. The summed E-state index contributed by atoms with van der Waals surface area (Å²) < 4.78 is 1.10. The highest BCUT2D eigenvalue weighted by molar-refractivity contribution is 9.11. The number of aryl methyl sites for hydroxylation is 1. The van der Waals surface area contributed by atoms with Crippen LogP contribution in [0.2, 0.25) is 0 Å². The van der Waals surface area contributed by atoms with Crippen LogP contribution in [0.25, 0.3) is 0 Å². The third-order valence-corrected chi connectivity index (χ3v) is 4.81. The molecule has 1 heterocycles. The summed E-state index contributed by atoms with van der Waals surface area (Å²) in [4.78, 5) is 25.0. The lowest BCUT2D eigenvalue weighted by atomic mass is 10.1. The Morgan fingerprint density at radius 1 is 1.18 bits per heavy atom. The van der Waals surface area contributed by atoms with Gasteiger partial charge in [0.2, 0.25) is 5.91 Å². The van der Waals surface area contributed by atoms with Crippen molar-refractivity contribution in [1.82, 2.24) is 5.32 Å². The first-order valence-electron chi connectivity index (χ1n) is 6.95. The third-order valence-electron chi connectivity index (χ3n) is 3.13. The number of nitrogens with one attached hydrogen (secondary N) is 2. The molecule has 0 aliphatic heterocycles. The summed E-state index contributed by atoms with van der Waals surface area (Å²) >= 11 is 5.11. The number of thiophene rings is 1. The second kappa shape index (κ2) is 8.10. The van der Waals surface area contributed by atoms with Crippen molar-refractivity contribution in [2.24, 2.45) is 0 Å². The zero-order valence-corrected chi connectivity index (χ0v) is 14.6. The molecule has 0 unspecified atom stereocenters. The molecular formula is C16H17BrN2O2S. The summed E-state index contributed by atoms with van der Waals surface area (Å²) in [6, 6.07) is 11.1. The fourth-order valence-electron chi connectivity index (χ4n) is 2.05. The van der Waals surface area contributed by atoms with Crippen molar-refractivity contribution in [3.63, 3.8) is 0 Å². The molecule has 0 aliphatic carbocycles. The minimum absolute atomic E-state index is 0.0769. The number of halogens is 1. The minimum atomic E-state index is -0.209. The Morgan fingerprint density at radius 2 is 1.95 bits per heavy atom. The lowest BCUT2D eigenvalue weighted by Crippen LogP contribution is -2.21. The highest BCUT2D eigenvalue weighted by Crippen LogP contribution is 2.23. The summed E-state index contributed by atoms with van der Waals surface area (Å²) in [6.45, 7) is 0. The van der Waals surface area contributed by atoms with Crippen molar-refractivity contribution in [3.8, 4) is 0 Å². The van der Waals surface area contributed by atoms with E-state index in [1.54, 1.807) is 42.6 Å². The number of hydrogen-bond donors (Lipinski definition) is 2. The maximum atomic E-state index is 12.0. The van der Waals surface area contributed by atoms with Gasteiger partial charge >= 0.3 is 0 Å². The first kappa shape index (κ1) is 16.7. The van der Waals surface area contributed by atoms with Gasteiger partial charge in [0, 0.05) is 18.3 Å². The van der Waals surface area contributed by atoms with E-state index in [-0.39, 0.29) is 11.8 Å². The Balaban J connectivity index is 1.88. The smallest absolute Gasteiger partial charge is 0.253 e. The van der Waals surface area contributed by atoms with Gasteiger partial charge in [0.15, 0.2) is 0 Å². The van der Waals surface area contributed by atoms with Gasteiger partial charge in [-0.25, -0.2) is 0 Å². The summed E-state index contributed by atoms with van der Waals surface area (Å²) in [5, 5.41) is 5.38. The van der Waals surface area contributed by atoms with Gasteiger partial charge in [-0.15, -0.1) is 11.3 Å². The van der Waals surface area contributed by atoms with Crippen LogP contribution in [0.5, 0.6) is 0 Å². The van der Waals surface area contributed by atoms with Crippen LogP contribution in [0.4, 0.5) is 5.69 Å². The number of anilines is 1. The molecule has 2 amide bonds. The average Bonchev–Trinajstić information content (AvgIpc) is 2.92. The van der Waals surface area contributed by atoms with Gasteiger partial charge in [-0.3, -0.25) is 9.59 Å². The van der Waals surface area contributed by atoms with E-state index < -0.39 is 0 Å². The predicted octanol–water partition coefficient (Wildman–Crippen LogP) is 3.83. The summed E-state index contributed by atoms with van der Waals surface area (Å²) in [5.74, 6) is -0.286. The first-order chi connectivity index (χ1) is 10.6. The van der Waals surface area contributed by atoms with Gasteiger partial charge in [0.05, 0.1) is 15.0 Å². The zero-order chi connectivity index (χ0) is 15.9. The van der Waals surface area contributed by atoms with Crippen LogP contribution in [-0.2, 0) is 11.2 Å². The van der Waals surface area contributed by atoms with Gasteiger partial charge in [0.25, 0.3) is 5.91 Å². The molecule has 0 bridgehead atoms. The Bertz CT molecular complexity index is 670. The van der Waals surface area contributed by atoms with Gasteiger partial charge < -0.3 is 10.6 Å². The molecule has 0 radical (unpaired) electrons. The standard InChI is InChI=1S/C16H17BrN2O2S/c1-18-16(21)12-6-2-3-7-13(12)19-15(20)8-4-5-11-9-10-14(17)22-11/h2-3,6-7,9-10H,4-5,8H2,1H3,(H,18,21)(H,19,20). The molecule has 0 fully saturated rings. The Labute approximate surface area is 142 Å². The largest absolute Gasteiger partial charge is 0.355 e. The molecule has 4 nitrogen and oxygen atoms in total. The second-order valence-corrected chi connectivity index (χ2v) is 7.28. The van der Waals surface area contributed by atoms with Crippen LogP contribution in [-0.4, -0.2) is 18.9 Å². The number of para-hydroxylation sites is 1. The van der Waals surface area contributed by atoms with Crippen LogP contribution < -0.4 is 10.6 Å². The molecule has 22 heavy (non-hydrogen) atoms. The maximum Gasteiger partial charge on any atom is 0.253 e. The van der Waals surface area contributed by atoms with Crippen LogP contribution in [0.1, 0.15) is 28.1 Å². The van der Waals surface area contributed by atoms with E-state index in [9.17, 15) is 9.59 Å². The fraction of sp³-hybridized carbons (Fsp3) is 0.250. The topological polar surface area (TPSA) is 58.2 Å². The van der Waals surface area contributed by atoms with Crippen LogP contribution in [0.3, 0.4) is 0 Å². The van der Waals surface area contributed by atoms with Crippen LogP contribution >= 0.6 is 27.3 Å². The maximum absolute atomic E-state index is 12.0. The molecule has 2 N–H and O–H groups in total. The average molecular weight is 381 g/mol. The molecular weight excluding hydrogens is 364 g/mol. The predicted molar refractivity (Wildman–Crippen MR) is 93.4 cm³/mol. The molecule has 116 valence electrons. The number of rotatable bonds is 6. The molecule has 0 aliphatic rings. The Morgan fingerprint density at radius 3 is 2.64 bits per heavy atom. The quantitative estimate of drug-likeness (QED) is 0.799. The van der Waals surface area contributed by atoms with Gasteiger partial charge in [-0.05, 0) is 53.0 Å². The van der Waals surface area contributed by atoms with Crippen molar-refractivity contribution >= 4 is 44.8 Å². The second-order valence-electron chi connectivity index (χ2n) is 4.73. The van der Waals surface area contributed by atoms with E-state index in [1.807, 2.05) is 6.07 Å². The SMILES string of the molecule is CNC(=O)c1ccccc1NC(=O)CCCc1ccc(Br)s1. The molecule has 0 atom stereocenters. The monoisotopic (exact) mass is 380 g/mol. The number of hydrogen-bond acceptors (Lipinski definition) is 3. The van der Waals surface area contributed by atoms with E-state index in [0.717, 1.165) is 16.6 Å². The van der Waals surface area contributed by atoms with E-state index in [2.05, 4.69) is 32.6 Å². The number of benzene rings is 1. The first-order valence-corrected chi connectivity index (χ1v) is 8.56. The highest BCUT2D eigenvalue weighted by atomic mass is 79.9. The van der Waals surface area contributed by atoms with E-state index in [0.29, 0.717) is 17.7 Å². The molecule has 0 spiro atoms. The Hall–Kier alpha value is -1.66. The summed E-state index contributed by atoms with van der Waals surface area (Å²) in [7, 11) is 1.57. The van der Waals surface area contributed by atoms with Crippen molar-refractivity contribution in [2.45, 2.75) is 19.3 Å². The van der Waals surface area contributed by atoms with E-state index >= 15 is 0 Å². The van der Waals surface area contributed by atoms with Gasteiger partial charge in [0.1, 0.15) is 0 Å². The van der Waals surface area contributed by atoms with Crippen molar-refractivity contribution in [1.29, 1.82) is 0 Å². The van der Waals surface area contributed by atoms with Crippen LogP contribution in [0, 0.1) is 0 Å². The lowest BCUT2D eigenvalue weighted by Gasteiger charge is -2.09. The summed E-state index contributed by atoms with van der Waals surface area (Å²) in [6.07, 6.45) is 2.08. The molecule has 2 aromatic rings. The van der Waals surface area contributed by atoms with E-state index in [4.69, 9.17) is 0 Å². The Kier molecular flexibility index (Phi) is 6.15. The number of carbonyl (C=O) groups excluding carboxylic acids is 2. The molecule has 1 aromatic heterocycles. The van der Waals surface area contributed by atoms with Crippen molar-refractivity contribution < 1.29 is 9.59 Å². The van der Waals surface area contributed by atoms with Gasteiger partial charge in [-0.1, -0.05) is 12.1 Å². The van der Waals surface area contributed by atoms with Gasteiger partial charge in [-0.2, -0.15) is 0 Å². The highest BCUT2D eigenvalue weighted by Gasteiger charge is 2.11. The van der Waals surface area contributed by atoms with E-state index in [1.165, 1.54) is 4.88 Å². The lowest BCUT2D eigenvalue weighted by molar-refractivity contribution is -0.116. The molecule has 6 heteroatoms. The molecule has 0 saturated heterocycles. The molecule has 0 saturated carbocycles. The zero-order valence-electron chi connectivity index (χ0n) is 12.2. The summed E-state index contributed by atoms with van der Waals surface area (Å²) in [5.41, 5.74) is 1.02. The normalized spacial score (nSPS) is 10.3. The third kappa shape index (κ3) is 4.68. The van der Waals surface area contributed by atoms with Crippen molar-refractivity contribution in [2.75, 3.05) is 12.4 Å².